The van der Waals surface area contributed by atoms with Gasteiger partial charge in [0.2, 0.25) is 10.0 Å². The fourth-order valence-electron chi connectivity index (χ4n) is 2.78. The molecule has 1 N–H and O–H groups in total. The van der Waals surface area contributed by atoms with Crippen LogP contribution in [0.1, 0.15) is 19.3 Å². The molecule has 1 aromatic rings. The minimum atomic E-state index is -3.51. The van der Waals surface area contributed by atoms with Crippen LogP contribution in [-0.4, -0.2) is 32.2 Å². The van der Waals surface area contributed by atoms with Crippen molar-refractivity contribution in [2.24, 2.45) is 5.92 Å². The third-order valence-electron chi connectivity index (χ3n) is 3.78. The third-order valence-corrected chi connectivity index (χ3v) is 5.41. The summed E-state index contributed by atoms with van der Waals surface area (Å²) in [6.07, 6.45) is 4.91. The Morgan fingerprint density at radius 1 is 1.42 bits per heavy atom. The first-order valence-electron chi connectivity index (χ1n) is 6.31. The molecule has 0 aromatic carbocycles. The topological polar surface area (TPSA) is 68.3 Å². The molecule has 0 amide bonds. The van der Waals surface area contributed by atoms with Gasteiger partial charge >= 0.3 is 0 Å². The number of nitrogens with zero attached hydrogens (tertiary/aromatic N) is 1. The van der Waals surface area contributed by atoms with E-state index in [9.17, 15) is 8.42 Å². The molecule has 0 saturated carbocycles. The molecule has 2 bridgehead atoms. The fourth-order valence-corrected chi connectivity index (χ4v) is 3.93. The van der Waals surface area contributed by atoms with Crippen molar-refractivity contribution >= 4 is 21.6 Å². The molecule has 19 heavy (non-hydrogen) atoms. The molecule has 1 aromatic heterocycles. The van der Waals surface area contributed by atoms with Crippen LogP contribution in [0.25, 0.3) is 0 Å². The van der Waals surface area contributed by atoms with Crippen LogP contribution in [-0.2, 0) is 14.8 Å². The van der Waals surface area contributed by atoms with Gasteiger partial charge in [0.1, 0.15) is 10.0 Å². The number of aromatic nitrogens is 1. The zero-order valence-electron chi connectivity index (χ0n) is 10.3. The SMILES string of the molecule is O=S(=O)(NCC1CC2CCC1O2)c1ccc(Cl)nc1. The van der Waals surface area contributed by atoms with E-state index in [1.165, 1.54) is 18.3 Å². The molecule has 3 heterocycles. The smallest absolute Gasteiger partial charge is 0.242 e. The Kier molecular flexibility index (Phi) is 3.51. The molecule has 104 valence electrons. The number of nitrogens with one attached hydrogen (secondary N) is 1. The standard InChI is InChI=1S/C12H15ClN2O3S/c13-12-4-2-10(7-14-12)19(16,17)15-6-8-5-9-1-3-11(8)18-9/h2,4,7-9,11,15H,1,3,5-6H2. The number of fused-ring (bicyclic) bond motifs is 2. The molecule has 5 nitrogen and oxygen atoms in total. The van der Waals surface area contributed by atoms with Crippen molar-refractivity contribution in [1.29, 1.82) is 0 Å². The number of ether oxygens (including phenoxy) is 1. The van der Waals surface area contributed by atoms with Crippen molar-refractivity contribution in [3.8, 4) is 0 Å². The van der Waals surface area contributed by atoms with E-state index >= 15 is 0 Å². The Morgan fingerprint density at radius 3 is 2.84 bits per heavy atom. The van der Waals surface area contributed by atoms with Crippen LogP contribution < -0.4 is 4.72 Å². The number of hydrogen-bond acceptors (Lipinski definition) is 4. The van der Waals surface area contributed by atoms with E-state index in [2.05, 4.69) is 9.71 Å². The summed E-state index contributed by atoms with van der Waals surface area (Å²) >= 11 is 5.64. The molecule has 0 radical (unpaired) electrons. The Bertz CT molecular complexity index is 561. The second-order valence-corrected chi connectivity index (χ2v) is 7.19. The van der Waals surface area contributed by atoms with E-state index in [1.807, 2.05) is 0 Å². The zero-order valence-corrected chi connectivity index (χ0v) is 11.8. The van der Waals surface area contributed by atoms with Crippen LogP contribution >= 0.6 is 11.6 Å². The maximum atomic E-state index is 12.1. The van der Waals surface area contributed by atoms with Gasteiger partial charge in [0.05, 0.1) is 12.2 Å². The lowest BCUT2D eigenvalue weighted by Crippen LogP contribution is -2.33. The second-order valence-electron chi connectivity index (χ2n) is 5.04. The lowest BCUT2D eigenvalue weighted by molar-refractivity contribution is 0.0932. The van der Waals surface area contributed by atoms with E-state index in [0.29, 0.717) is 12.6 Å². The van der Waals surface area contributed by atoms with E-state index in [0.717, 1.165) is 19.3 Å². The number of hydrogen-bond donors (Lipinski definition) is 1. The average Bonchev–Trinajstić information content (AvgIpc) is 2.99. The molecule has 2 fully saturated rings. The van der Waals surface area contributed by atoms with Gasteiger partial charge in [-0.05, 0) is 31.4 Å². The Morgan fingerprint density at radius 2 is 2.26 bits per heavy atom. The average molecular weight is 303 g/mol. The molecule has 3 rings (SSSR count). The number of rotatable bonds is 4. The van der Waals surface area contributed by atoms with Crippen LogP contribution in [0.15, 0.2) is 23.2 Å². The van der Waals surface area contributed by atoms with E-state index < -0.39 is 10.0 Å². The van der Waals surface area contributed by atoms with Crippen molar-refractivity contribution < 1.29 is 13.2 Å². The van der Waals surface area contributed by atoms with Crippen molar-refractivity contribution in [1.82, 2.24) is 9.71 Å². The first-order valence-corrected chi connectivity index (χ1v) is 8.17. The van der Waals surface area contributed by atoms with Gasteiger partial charge in [-0.3, -0.25) is 0 Å². The van der Waals surface area contributed by atoms with Gasteiger partial charge in [0.25, 0.3) is 0 Å². The highest BCUT2D eigenvalue weighted by molar-refractivity contribution is 7.89. The Hall–Kier alpha value is -0.690. The molecule has 2 saturated heterocycles. The van der Waals surface area contributed by atoms with Gasteiger partial charge in [-0.15, -0.1) is 0 Å². The first kappa shape index (κ1) is 13.3. The van der Waals surface area contributed by atoms with Crippen LogP contribution in [0, 0.1) is 5.92 Å². The monoisotopic (exact) mass is 302 g/mol. The van der Waals surface area contributed by atoms with Gasteiger partial charge in [0.15, 0.2) is 0 Å². The Labute approximate surface area is 117 Å². The van der Waals surface area contributed by atoms with Crippen LogP contribution in [0.3, 0.4) is 0 Å². The highest BCUT2D eigenvalue weighted by Gasteiger charge is 2.40. The summed E-state index contributed by atoms with van der Waals surface area (Å²) in [6.45, 7) is 0.423. The predicted octanol–water partition coefficient (Wildman–Crippen LogP) is 1.58. The van der Waals surface area contributed by atoms with Gasteiger partial charge < -0.3 is 4.74 Å². The van der Waals surface area contributed by atoms with E-state index in [4.69, 9.17) is 16.3 Å². The lowest BCUT2D eigenvalue weighted by atomic mass is 9.89. The van der Waals surface area contributed by atoms with Crippen LogP contribution in [0.5, 0.6) is 0 Å². The second kappa shape index (κ2) is 5.01. The number of pyridine rings is 1. The summed E-state index contributed by atoms with van der Waals surface area (Å²) in [5.41, 5.74) is 0. The molecule has 0 aliphatic carbocycles. The van der Waals surface area contributed by atoms with Crippen molar-refractivity contribution in [3.05, 3.63) is 23.5 Å². The lowest BCUT2D eigenvalue weighted by Gasteiger charge is -2.18. The molecule has 3 unspecified atom stereocenters. The first-order chi connectivity index (χ1) is 9.04. The minimum absolute atomic E-state index is 0.140. The Balaban J connectivity index is 1.64. The quantitative estimate of drug-likeness (QED) is 0.858. The normalized spacial score (nSPS) is 29.8. The van der Waals surface area contributed by atoms with Crippen molar-refractivity contribution in [3.63, 3.8) is 0 Å². The molecular formula is C12H15ClN2O3S. The summed E-state index contributed by atoms with van der Waals surface area (Å²) in [6, 6.07) is 2.92. The molecule has 3 atom stereocenters. The maximum absolute atomic E-state index is 12.1. The van der Waals surface area contributed by atoms with Crippen LogP contribution in [0.4, 0.5) is 0 Å². The molecule has 2 aliphatic heterocycles. The minimum Gasteiger partial charge on any atom is -0.375 e. The van der Waals surface area contributed by atoms with Gasteiger partial charge in [-0.1, -0.05) is 11.6 Å². The predicted molar refractivity (Wildman–Crippen MR) is 70.4 cm³/mol. The van der Waals surface area contributed by atoms with Gasteiger partial charge in [-0.25, -0.2) is 18.1 Å². The van der Waals surface area contributed by atoms with Gasteiger partial charge in [0, 0.05) is 18.7 Å². The summed E-state index contributed by atoms with van der Waals surface area (Å²) in [5.74, 6) is 0.286. The largest absolute Gasteiger partial charge is 0.375 e. The zero-order chi connectivity index (χ0) is 13.5. The maximum Gasteiger partial charge on any atom is 0.242 e. The van der Waals surface area contributed by atoms with Gasteiger partial charge in [-0.2, -0.15) is 0 Å². The fraction of sp³-hybridized carbons (Fsp3) is 0.583. The summed E-state index contributed by atoms with van der Waals surface area (Å²) < 4.78 is 32.5. The molecule has 2 aliphatic rings. The highest BCUT2D eigenvalue weighted by atomic mass is 35.5. The van der Waals surface area contributed by atoms with Crippen molar-refractivity contribution in [2.75, 3.05) is 6.54 Å². The summed E-state index contributed by atoms with van der Waals surface area (Å²) in [5, 5.41) is 0.278. The summed E-state index contributed by atoms with van der Waals surface area (Å²) in [7, 11) is -3.51. The third kappa shape index (κ3) is 2.76. The summed E-state index contributed by atoms with van der Waals surface area (Å²) in [4.78, 5) is 3.92. The molecule has 0 spiro atoms. The van der Waals surface area contributed by atoms with Crippen LogP contribution in [0.2, 0.25) is 5.15 Å². The van der Waals surface area contributed by atoms with E-state index in [1.54, 1.807) is 0 Å². The number of sulfonamides is 1. The highest BCUT2D eigenvalue weighted by Crippen LogP contribution is 2.38. The van der Waals surface area contributed by atoms with Crippen molar-refractivity contribution in [2.45, 2.75) is 36.4 Å². The molecular weight excluding hydrogens is 288 g/mol. The molecule has 7 heteroatoms. The number of halogens is 1. The van der Waals surface area contributed by atoms with E-state index in [-0.39, 0.29) is 22.1 Å².